The zero-order valence-electron chi connectivity index (χ0n) is 8.38. The summed E-state index contributed by atoms with van der Waals surface area (Å²) >= 11 is 2.13. The summed E-state index contributed by atoms with van der Waals surface area (Å²) in [6, 6.07) is 3.55. The van der Waals surface area contributed by atoms with E-state index in [9.17, 15) is 9.59 Å². The maximum Gasteiger partial charge on any atom is 0.350 e. The molecule has 0 spiro atoms. The Labute approximate surface area is 104 Å². The van der Waals surface area contributed by atoms with Crippen LogP contribution in [0.3, 0.4) is 0 Å². The van der Waals surface area contributed by atoms with Crippen LogP contribution in [0.5, 0.6) is 0 Å². The van der Waals surface area contributed by atoms with Crippen molar-refractivity contribution in [3.63, 3.8) is 0 Å². The molecule has 0 aliphatic carbocycles. The molecule has 7 heteroatoms. The molecule has 2 rings (SSSR count). The molecule has 0 atom stereocenters. The number of pyridine rings is 1. The summed E-state index contributed by atoms with van der Waals surface area (Å²) in [6.45, 7) is -0.173. The average molecular weight is 333 g/mol. The highest BCUT2D eigenvalue weighted by molar-refractivity contribution is 14.1. The van der Waals surface area contributed by atoms with Crippen molar-refractivity contribution in [1.82, 2.24) is 14.2 Å². The predicted octanol–water partition coefficient (Wildman–Crippen LogP) is 0.274. The molecule has 0 fully saturated rings. The summed E-state index contributed by atoms with van der Waals surface area (Å²) < 4.78 is 7.91. The van der Waals surface area contributed by atoms with Gasteiger partial charge in [0.1, 0.15) is 6.54 Å². The molecule has 0 amide bonds. The van der Waals surface area contributed by atoms with E-state index in [1.54, 1.807) is 18.3 Å². The van der Waals surface area contributed by atoms with Crippen LogP contribution in [-0.4, -0.2) is 27.3 Å². The van der Waals surface area contributed by atoms with Crippen molar-refractivity contribution in [3.8, 4) is 0 Å². The lowest BCUT2D eigenvalue weighted by Gasteiger charge is -1.95. The number of carbonyl (C=O) groups excluding carboxylic acids is 1. The van der Waals surface area contributed by atoms with Crippen LogP contribution in [0.15, 0.2) is 23.1 Å². The van der Waals surface area contributed by atoms with Gasteiger partial charge in [0.25, 0.3) is 0 Å². The Kier molecular flexibility index (Phi) is 2.95. The van der Waals surface area contributed by atoms with Crippen molar-refractivity contribution >= 4 is 34.2 Å². The summed E-state index contributed by atoms with van der Waals surface area (Å²) in [5.74, 6) is -0.500. The molecule has 0 saturated heterocycles. The van der Waals surface area contributed by atoms with Gasteiger partial charge in [-0.3, -0.25) is 9.20 Å². The van der Waals surface area contributed by atoms with Crippen molar-refractivity contribution < 1.29 is 9.53 Å². The molecule has 6 nitrogen and oxygen atoms in total. The molecule has 0 aliphatic rings. The fraction of sp³-hybridized carbons (Fsp3) is 0.222. The first-order valence-corrected chi connectivity index (χ1v) is 5.51. The third kappa shape index (κ3) is 1.94. The largest absolute Gasteiger partial charge is 0.468 e. The van der Waals surface area contributed by atoms with Gasteiger partial charge in [-0.15, -0.1) is 5.10 Å². The molecule has 2 aromatic heterocycles. The Morgan fingerprint density at radius 3 is 3.06 bits per heavy atom. The standard InChI is InChI=1S/C9H8IN3O3/c1-16-8(14)5-13-9(15)12-3-2-6(10)4-7(12)11-13/h2-4H,5H2,1H3. The number of aromatic nitrogens is 3. The van der Waals surface area contributed by atoms with Crippen molar-refractivity contribution in [1.29, 1.82) is 0 Å². The lowest BCUT2D eigenvalue weighted by Crippen LogP contribution is -2.25. The van der Waals surface area contributed by atoms with E-state index in [1.807, 2.05) is 0 Å². The van der Waals surface area contributed by atoms with Crippen LogP contribution in [0.1, 0.15) is 0 Å². The van der Waals surface area contributed by atoms with Gasteiger partial charge in [-0.1, -0.05) is 0 Å². The second kappa shape index (κ2) is 4.24. The van der Waals surface area contributed by atoms with E-state index in [0.29, 0.717) is 5.65 Å². The Morgan fingerprint density at radius 2 is 2.38 bits per heavy atom. The topological polar surface area (TPSA) is 65.6 Å². The highest BCUT2D eigenvalue weighted by Gasteiger charge is 2.10. The van der Waals surface area contributed by atoms with Crippen LogP contribution in [0, 0.1) is 3.57 Å². The molecule has 0 bridgehead atoms. The van der Waals surface area contributed by atoms with Crippen molar-refractivity contribution in [2.24, 2.45) is 0 Å². The maximum absolute atomic E-state index is 11.7. The molecule has 0 radical (unpaired) electrons. The number of nitrogens with zero attached hydrogens (tertiary/aromatic N) is 3. The summed E-state index contributed by atoms with van der Waals surface area (Å²) in [6.07, 6.45) is 1.63. The van der Waals surface area contributed by atoms with Gasteiger partial charge in [-0.25, -0.2) is 9.48 Å². The maximum atomic E-state index is 11.7. The summed E-state index contributed by atoms with van der Waals surface area (Å²) in [5, 5.41) is 4.02. The average Bonchev–Trinajstić information content (AvgIpc) is 2.55. The highest BCUT2D eigenvalue weighted by atomic mass is 127. The third-order valence-corrected chi connectivity index (χ3v) is 2.72. The molecule has 2 aromatic rings. The van der Waals surface area contributed by atoms with E-state index in [-0.39, 0.29) is 12.2 Å². The number of hydrogen-bond donors (Lipinski definition) is 0. The van der Waals surface area contributed by atoms with Gasteiger partial charge in [-0.05, 0) is 34.7 Å². The van der Waals surface area contributed by atoms with Crippen LogP contribution in [0.25, 0.3) is 5.65 Å². The molecule has 0 aromatic carbocycles. The van der Waals surface area contributed by atoms with Crippen LogP contribution in [0.2, 0.25) is 0 Å². The van der Waals surface area contributed by atoms with Gasteiger partial charge >= 0.3 is 11.7 Å². The molecular weight excluding hydrogens is 325 g/mol. The second-order valence-corrected chi connectivity index (χ2v) is 4.34. The number of hydrogen-bond acceptors (Lipinski definition) is 4. The van der Waals surface area contributed by atoms with E-state index in [2.05, 4.69) is 32.4 Å². The highest BCUT2D eigenvalue weighted by Crippen LogP contribution is 2.05. The van der Waals surface area contributed by atoms with Crippen LogP contribution >= 0.6 is 22.6 Å². The minimum Gasteiger partial charge on any atom is -0.468 e. The summed E-state index contributed by atoms with van der Waals surface area (Å²) in [4.78, 5) is 22.8. The Hall–Kier alpha value is -1.38. The molecule has 0 N–H and O–H groups in total. The van der Waals surface area contributed by atoms with Crippen molar-refractivity contribution in [2.45, 2.75) is 6.54 Å². The second-order valence-electron chi connectivity index (χ2n) is 3.09. The van der Waals surface area contributed by atoms with Gasteiger partial charge in [-0.2, -0.15) is 0 Å². The molecule has 2 heterocycles. The van der Waals surface area contributed by atoms with E-state index >= 15 is 0 Å². The number of rotatable bonds is 2. The number of esters is 1. The Bertz CT molecular complexity index is 602. The third-order valence-electron chi connectivity index (χ3n) is 2.05. The molecule has 0 unspecified atom stereocenters. The van der Waals surface area contributed by atoms with Crippen LogP contribution < -0.4 is 5.69 Å². The van der Waals surface area contributed by atoms with E-state index in [0.717, 1.165) is 8.25 Å². The van der Waals surface area contributed by atoms with Gasteiger partial charge in [0.05, 0.1) is 7.11 Å². The minimum atomic E-state index is -0.500. The SMILES string of the molecule is COC(=O)Cn1nc2cc(I)ccn2c1=O. The van der Waals surface area contributed by atoms with Gasteiger partial charge < -0.3 is 4.74 Å². The first-order valence-electron chi connectivity index (χ1n) is 4.43. The smallest absolute Gasteiger partial charge is 0.350 e. The number of carbonyl (C=O) groups is 1. The monoisotopic (exact) mass is 333 g/mol. The zero-order valence-corrected chi connectivity index (χ0v) is 10.5. The lowest BCUT2D eigenvalue weighted by molar-refractivity contribution is -0.141. The fourth-order valence-corrected chi connectivity index (χ4v) is 1.72. The Balaban J connectivity index is 2.52. The van der Waals surface area contributed by atoms with Gasteiger partial charge in [0.15, 0.2) is 5.65 Å². The Morgan fingerprint density at radius 1 is 1.62 bits per heavy atom. The van der Waals surface area contributed by atoms with E-state index < -0.39 is 5.97 Å². The number of methoxy groups -OCH3 is 1. The predicted molar refractivity (Wildman–Crippen MR) is 64.2 cm³/mol. The van der Waals surface area contributed by atoms with Crippen LogP contribution in [0.4, 0.5) is 0 Å². The van der Waals surface area contributed by atoms with E-state index in [4.69, 9.17) is 0 Å². The normalized spacial score (nSPS) is 10.6. The quantitative estimate of drug-likeness (QED) is 0.585. The summed E-state index contributed by atoms with van der Waals surface area (Å²) in [5.41, 5.74) is 0.164. The minimum absolute atomic E-state index is 0.173. The molecule has 84 valence electrons. The first-order chi connectivity index (χ1) is 7.61. The number of halogens is 1. The first kappa shape index (κ1) is 11.1. The molecular formula is C9H8IN3O3. The molecule has 16 heavy (non-hydrogen) atoms. The molecule has 0 aliphatic heterocycles. The fourth-order valence-electron chi connectivity index (χ4n) is 1.28. The van der Waals surface area contributed by atoms with Crippen molar-refractivity contribution in [2.75, 3.05) is 7.11 Å². The van der Waals surface area contributed by atoms with Crippen LogP contribution in [-0.2, 0) is 16.1 Å². The van der Waals surface area contributed by atoms with Crippen molar-refractivity contribution in [3.05, 3.63) is 32.4 Å². The lowest BCUT2D eigenvalue weighted by atomic mass is 10.5. The van der Waals surface area contributed by atoms with Gasteiger partial charge in [0.2, 0.25) is 0 Å². The zero-order chi connectivity index (χ0) is 11.7. The summed E-state index contributed by atoms with van der Waals surface area (Å²) in [7, 11) is 1.27. The molecule has 0 saturated carbocycles. The number of ether oxygens (including phenoxy) is 1. The van der Waals surface area contributed by atoms with Gasteiger partial charge in [0, 0.05) is 9.77 Å². The number of fused-ring (bicyclic) bond motifs is 1. The van der Waals surface area contributed by atoms with E-state index in [1.165, 1.54) is 11.5 Å².